The Morgan fingerprint density at radius 1 is 0.788 bits per heavy atom. The molecule has 3 aromatic carbocycles. The van der Waals surface area contributed by atoms with Gasteiger partial charge in [-0.1, -0.05) is 18.2 Å². The maximum absolute atomic E-state index is 12.7. The van der Waals surface area contributed by atoms with Crippen LogP contribution >= 0.6 is 12.2 Å². The largest absolute Gasteiger partial charge is 0.332 e. The average Bonchev–Trinajstić information content (AvgIpc) is 2.73. The second-order valence-electron chi connectivity index (χ2n) is 7.55. The van der Waals surface area contributed by atoms with Crippen molar-refractivity contribution in [2.75, 3.05) is 10.0 Å². The number of rotatable bonds is 6. The smallest absolute Gasteiger partial charge is 0.261 e. The third-order valence-electron chi connectivity index (χ3n) is 4.68. The van der Waals surface area contributed by atoms with Gasteiger partial charge in [0.25, 0.3) is 15.9 Å². The number of aryl methyl sites for hydroxylation is 2. The highest BCUT2D eigenvalue weighted by Crippen LogP contribution is 2.20. The van der Waals surface area contributed by atoms with E-state index in [1.807, 2.05) is 19.9 Å². The van der Waals surface area contributed by atoms with Crippen LogP contribution in [0.5, 0.6) is 0 Å². The molecule has 0 aromatic heterocycles. The van der Waals surface area contributed by atoms with E-state index in [2.05, 4.69) is 15.4 Å². The average molecular weight is 482 g/mol. The Hall–Kier alpha value is -3.56. The summed E-state index contributed by atoms with van der Waals surface area (Å²) in [5.74, 6) is -0.520. The van der Waals surface area contributed by atoms with Crippen molar-refractivity contribution < 1.29 is 18.0 Å². The SMILES string of the molecule is CC(=O)c1ccc(C(=O)NC(=S)Nc2ccc(S(=O)(=O)Nc3cc(C)cc(C)c3)cc2)cc1. The van der Waals surface area contributed by atoms with Gasteiger partial charge in [-0.05, 0) is 92.6 Å². The number of carbonyl (C=O) groups excluding carboxylic acids is 2. The number of amides is 1. The number of hydrogen-bond donors (Lipinski definition) is 3. The van der Waals surface area contributed by atoms with Crippen LogP contribution in [-0.2, 0) is 10.0 Å². The molecule has 0 spiro atoms. The van der Waals surface area contributed by atoms with Gasteiger partial charge in [0.15, 0.2) is 10.9 Å². The Balaban J connectivity index is 1.62. The van der Waals surface area contributed by atoms with Crippen LogP contribution in [0.3, 0.4) is 0 Å². The highest BCUT2D eigenvalue weighted by molar-refractivity contribution is 7.92. The molecule has 3 aromatic rings. The van der Waals surface area contributed by atoms with Gasteiger partial charge >= 0.3 is 0 Å². The van der Waals surface area contributed by atoms with Gasteiger partial charge in [0, 0.05) is 22.5 Å². The van der Waals surface area contributed by atoms with Crippen LogP contribution in [0.15, 0.2) is 71.6 Å². The molecule has 0 aliphatic heterocycles. The van der Waals surface area contributed by atoms with Crippen molar-refractivity contribution in [3.8, 4) is 0 Å². The maximum Gasteiger partial charge on any atom is 0.261 e. The van der Waals surface area contributed by atoms with Gasteiger partial charge in [-0.25, -0.2) is 8.42 Å². The van der Waals surface area contributed by atoms with Gasteiger partial charge < -0.3 is 5.32 Å². The van der Waals surface area contributed by atoms with E-state index in [1.54, 1.807) is 36.4 Å². The summed E-state index contributed by atoms with van der Waals surface area (Å²) in [5.41, 5.74) is 3.78. The predicted molar refractivity (Wildman–Crippen MR) is 133 cm³/mol. The lowest BCUT2D eigenvalue weighted by Crippen LogP contribution is -2.34. The van der Waals surface area contributed by atoms with E-state index in [4.69, 9.17) is 12.2 Å². The highest BCUT2D eigenvalue weighted by atomic mass is 32.2. The van der Waals surface area contributed by atoms with Gasteiger partial charge in [-0.3, -0.25) is 19.6 Å². The molecule has 0 fully saturated rings. The van der Waals surface area contributed by atoms with Crippen LogP contribution in [0.1, 0.15) is 38.8 Å². The topological polar surface area (TPSA) is 104 Å². The van der Waals surface area contributed by atoms with Gasteiger partial charge in [0.1, 0.15) is 0 Å². The molecule has 1 amide bonds. The second-order valence-corrected chi connectivity index (χ2v) is 9.64. The fourth-order valence-corrected chi connectivity index (χ4v) is 4.41. The van der Waals surface area contributed by atoms with Gasteiger partial charge in [0.2, 0.25) is 0 Å². The number of sulfonamides is 1. The molecule has 0 heterocycles. The first-order chi connectivity index (χ1) is 15.5. The Bertz CT molecular complexity index is 1300. The van der Waals surface area contributed by atoms with Crippen molar-refractivity contribution in [3.05, 3.63) is 89.0 Å². The molecule has 0 unspecified atom stereocenters. The minimum atomic E-state index is -3.76. The van der Waals surface area contributed by atoms with Crippen molar-refractivity contribution in [2.24, 2.45) is 0 Å². The molecule has 33 heavy (non-hydrogen) atoms. The molecule has 9 heteroatoms. The van der Waals surface area contributed by atoms with E-state index < -0.39 is 15.9 Å². The number of carbonyl (C=O) groups is 2. The Morgan fingerprint density at radius 2 is 1.33 bits per heavy atom. The van der Waals surface area contributed by atoms with Gasteiger partial charge in [-0.2, -0.15) is 0 Å². The van der Waals surface area contributed by atoms with Gasteiger partial charge in [-0.15, -0.1) is 0 Å². The van der Waals surface area contributed by atoms with Crippen LogP contribution in [-0.4, -0.2) is 25.2 Å². The number of thiocarbonyl (C=S) groups is 1. The number of ketones is 1. The molecule has 0 bridgehead atoms. The molecule has 0 atom stereocenters. The van der Waals surface area contributed by atoms with E-state index >= 15 is 0 Å². The number of hydrogen-bond acceptors (Lipinski definition) is 5. The minimum Gasteiger partial charge on any atom is -0.332 e. The summed E-state index contributed by atoms with van der Waals surface area (Å²) >= 11 is 5.17. The summed E-state index contributed by atoms with van der Waals surface area (Å²) < 4.78 is 28.0. The lowest BCUT2D eigenvalue weighted by Gasteiger charge is -2.12. The van der Waals surface area contributed by atoms with E-state index in [-0.39, 0.29) is 15.8 Å². The van der Waals surface area contributed by atoms with E-state index in [0.29, 0.717) is 22.5 Å². The number of benzene rings is 3. The van der Waals surface area contributed by atoms with Crippen LogP contribution in [0.2, 0.25) is 0 Å². The molecular weight excluding hydrogens is 458 g/mol. The maximum atomic E-state index is 12.7. The molecule has 7 nitrogen and oxygen atoms in total. The van der Waals surface area contributed by atoms with Crippen molar-refractivity contribution >= 4 is 50.4 Å². The molecule has 0 aliphatic rings. The Morgan fingerprint density at radius 3 is 1.88 bits per heavy atom. The van der Waals surface area contributed by atoms with Crippen LogP contribution in [0.25, 0.3) is 0 Å². The Labute approximate surface area is 198 Å². The first-order valence-electron chi connectivity index (χ1n) is 9.98. The Kier molecular flexibility index (Phi) is 7.25. The molecule has 0 aliphatic carbocycles. The lowest BCUT2D eigenvalue weighted by molar-refractivity contribution is 0.0974. The number of nitrogens with one attached hydrogen (secondary N) is 3. The van der Waals surface area contributed by atoms with E-state index in [9.17, 15) is 18.0 Å². The van der Waals surface area contributed by atoms with Crippen LogP contribution in [0, 0.1) is 13.8 Å². The standard InChI is InChI=1S/C24H23N3O4S2/c1-15-12-16(2)14-21(13-15)27-33(30,31)22-10-8-20(9-11-22)25-24(32)26-23(29)19-6-4-18(5-7-19)17(3)28/h4-14,27H,1-3H3,(H2,25,26,29,32). The van der Waals surface area contributed by atoms with Crippen molar-refractivity contribution in [1.82, 2.24) is 5.32 Å². The van der Waals surface area contributed by atoms with Crippen molar-refractivity contribution in [3.63, 3.8) is 0 Å². The van der Waals surface area contributed by atoms with Crippen molar-refractivity contribution in [2.45, 2.75) is 25.7 Å². The summed E-state index contributed by atoms with van der Waals surface area (Å²) in [4.78, 5) is 23.8. The normalized spacial score (nSPS) is 10.9. The van der Waals surface area contributed by atoms with Crippen LogP contribution < -0.4 is 15.4 Å². The fourth-order valence-electron chi connectivity index (χ4n) is 3.16. The van der Waals surface area contributed by atoms with Gasteiger partial charge in [0.05, 0.1) is 4.90 Å². The number of Topliss-reactive ketones (excluding diaryl/α,β-unsaturated/α-hetero) is 1. The summed E-state index contributed by atoms with van der Waals surface area (Å²) in [5, 5.41) is 5.45. The molecule has 3 rings (SSSR count). The number of anilines is 2. The van der Waals surface area contributed by atoms with E-state index in [1.165, 1.54) is 31.2 Å². The minimum absolute atomic E-state index is 0.0552. The molecule has 0 radical (unpaired) electrons. The third kappa shape index (κ3) is 6.47. The lowest BCUT2D eigenvalue weighted by atomic mass is 10.1. The highest BCUT2D eigenvalue weighted by Gasteiger charge is 2.15. The molecule has 170 valence electrons. The molecule has 3 N–H and O–H groups in total. The molecular formula is C24H23N3O4S2. The quantitative estimate of drug-likeness (QED) is 0.355. The predicted octanol–water partition coefficient (Wildman–Crippen LogP) is 4.43. The zero-order valence-electron chi connectivity index (χ0n) is 18.3. The second kappa shape index (κ2) is 9.93. The van der Waals surface area contributed by atoms with Crippen LogP contribution in [0.4, 0.5) is 11.4 Å². The molecule has 0 saturated carbocycles. The first kappa shape index (κ1) is 24.1. The van der Waals surface area contributed by atoms with E-state index in [0.717, 1.165) is 11.1 Å². The summed E-state index contributed by atoms with van der Waals surface area (Å²) in [7, 11) is -3.76. The zero-order valence-corrected chi connectivity index (χ0v) is 19.9. The fraction of sp³-hybridized carbons (Fsp3) is 0.125. The van der Waals surface area contributed by atoms with Crippen molar-refractivity contribution in [1.29, 1.82) is 0 Å². The third-order valence-corrected chi connectivity index (χ3v) is 6.28. The summed E-state index contributed by atoms with van der Waals surface area (Å²) in [6.45, 7) is 5.24. The summed E-state index contributed by atoms with van der Waals surface area (Å²) in [6, 6.07) is 17.7. The monoisotopic (exact) mass is 481 g/mol. The molecule has 0 saturated heterocycles. The first-order valence-corrected chi connectivity index (χ1v) is 11.9. The summed E-state index contributed by atoms with van der Waals surface area (Å²) in [6.07, 6.45) is 0. The zero-order chi connectivity index (χ0) is 24.2.